The topological polar surface area (TPSA) is 6.48 Å². The third-order valence-electron chi connectivity index (χ3n) is 18.7. The number of nitrogens with zero attached hydrogens (tertiary/aromatic N) is 2. The van der Waals surface area contributed by atoms with Gasteiger partial charge in [-0.05, 0) is 188 Å². The maximum absolute atomic E-state index is 3.34. The maximum Gasteiger partial charge on any atom is 0.0164 e. The van der Waals surface area contributed by atoms with Gasteiger partial charge in [0.2, 0.25) is 0 Å². The van der Waals surface area contributed by atoms with Crippen molar-refractivity contribution in [3.8, 4) is 0 Å². The van der Waals surface area contributed by atoms with Gasteiger partial charge >= 0.3 is 0 Å². The van der Waals surface area contributed by atoms with Gasteiger partial charge in [-0.3, -0.25) is 9.80 Å². The Morgan fingerprint density at radius 1 is 0.500 bits per heavy atom. The Morgan fingerprint density at radius 2 is 1.20 bits per heavy atom. The molecule has 9 atom stereocenters. The first-order valence-corrected chi connectivity index (χ1v) is 24.7. The van der Waals surface area contributed by atoms with Crippen LogP contribution >= 0.6 is 0 Å². The first-order chi connectivity index (χ1) is 26.8. The quantitative estimate of drug-likeness (QED) is 0.258. The number of allylic oxidation sites excluding steroid dienone is 3. The van der Waals surface area contributed by atoms with Gasteiger partial charge in [-0.25, -0.2) is 0 Å². The summed E-state index contributed by atoms with van der Waals surface area (Å²) in [5, 5.41) is 0. The fourth-order valence-electron chi connectivity index (χ4n) is 16.3. The number of rotatable bonds is 7. The van der Waals surface area contributed by atoms with Crippen LogP contribution in [0.3, 0.4) is 0 Å². The summed E-state index contributed by atoms with van der Waals surface area (Å²) >= 11 is 0. The van der Waals surface area contributed by atoms with Crippen LogP contribution in [0.2, 0.25) is 0 Å². The van der Waals surface area contributed by atoms with Crippen molar-refractivity contribution in [3.63, 3.8) is 0 Å². The van der Waals surface area contributed by atoms with E-state index in [1.807, 2.05) is 5.57 Å². The van der Waals surface area contributed by atoms with Gasteiger partial charge in [-0.15, -0.1) is 0 Å². The van der Waals surface area contributed by atoms with Crippen LogP contribution in [0, 0.1) is 41.4 Å². The van der Waals surface area contributed by atoms with Crippen molar-refractivity contribution in [3.05, 3.63) is 59.7 Å². The molecule has 5 unspecified atom stereocenters. The van der Waals surface area contributed by atoms with Gasteiger partial charge in [-0.1, -0.05) is 99.1 Å². The largest absolute Gasteiger partial charge is 0.294 e. The fourth-order valence-corrected chi connectivity index (χ4v) is 16.3. The summed E-state index contributed by atoms with van der Waals surface area (Å²) in [7, 11) is 0. The molecule has 1 aliphatic heterocycles. The van der Waals surface area contributed by atoms with Crippen molar-refractivity contribution in [2.24, 2.45) is 41.4 Å². The number of benzene rings is 1. The second kappa shape index (κ2) is 16.8. The summed E-state index contributed by atoms with van der Waals surface area (Å²) in [5.41, 5.74) is 3.46. The molecular weight excluding hydrogens is 653 g/mol. The Bertz CT molecular complexity index is 1410. The molecule has 0 spiro atoms. The molecule has 9 aliphatic rings. The monoisotopic (exact) mass is 731 g/mol. The number of likely N-dealkylation sites (tertiary alicyclic amines) is 1. The first kappa shape index (κ1) is 36.9. The van der Waals surface area contributed by atoms with E-state index in [4.69, 9.17) is 0 Å². The molecule has 0 bridgehead atoms. The molecule has 0 amide bonds. The van der Waals surface area contributed by atoms with Crippen LogP contribution in [0.5, 0.6) is 0 Å². The lowest BCUT2D eigenvalue weighted by Crippen LogP contribution is -2.57. The lowest BCUT2D eigenvalue weighted by Gasteiger charge is -2.55. The number of hydrogen-bond acceptors (Lipinski definition) is 2. The number of hydrogen-bond donors (Lipinski definition) is 0. The first-order valence-electron chi connectivity index (χ1n) is 24.7. The Morgan fingerprint density at radius 3 is 1.96 bits per heavy atom. The van der Waals surface area contributed by atoms with Crippen LogP contribution < -0.4 is 0 Å². The highest BCUT2D eigenvalue weighted by atomic mass is 15.3. The molecular formula is C52H78N2. The summed E-state index contributed by atoms with van der Waals surface area (Å²) in [6.07, 6.45) is 49.2. The van der Waals surface area contributed by atoms with E-state index in [1.54, 1.807) is 63.4 Å². The molecule has 0 radical (unpaired) electrons. The Hall–Kier alpha value is -1.38. The zero-order chi connectivity index (χ0) is 35.8. The molecule has 296 valence electrons. The van der Waals surface area contributed by atoms with Gasteiger partial charge in [0.05, 0.1) is 0 Å². The molecule has 8 aliphatic carbocycles. The molecule has 1 saturated heterocycles. The van der Waals surface area contributed by atoms with Gasteiger partial charge in [-0.2, -0.15) is 0 Å². The van der Waals surface area contributed by atoms with Gasteiger partial charge in [0, 0.05) is 36.3 Å². The predicted octanol–water partition coefficient (Wildman–Crippen LogP) is 13.4. The molecule has 0 N–H and O–H groups in total. The Kier molecular flexibility index (Phi) is 11.5. The van der Waals surface area contributed by atoms with Crippen LogP contribution in [-0.2, 0) is 0 Å². The average Bonchev–Trinajstić information content (AvgIpc) is 3.60. The van der Waals surface area contributed by atoms with E-state index in [9.17, 15) is 0 Å². The standard InChI is InChI=1S/C52H78N2/c1-4-12-37(13-5-1)40-20-27-44(28-21-40)53(45-29-22-41(23-30-45)38-14-6-2-7-15-38)47-33-35-48-43(36-47)26-34-50-49-18-10-11-19-51(49)54(52(48)50)46-31-24-42(25-32-46)39-16-8-3-9-17-39/h1,3-5,8,12-13,24,38-41,43-52H,2,6-7,9-11,14-23,25-36H2/t39?,40?,41?,43-,44?,45?,46?,47-,48+,49-,50?,51?,52?/m0/s1. The van der Waals surface area contributed by atoms with E-state index < -0.39 is 0 Å². The summed E-state index contributed by atoms with van der Waals surface area (Å²) in [5.74, 6) is 7.76. The Balaban J connectivity index is 0.857. The van der Waals surface area contributed by atoms with Crippen LogP contribution in [0.4, 0.5) is 0 Å². The molecule has 1 heterocycles. The summed E-state index contributed by atoms with van der Waals surface area (Å²) < 4.78 is 0. The molecule has 10 rings (SSSR count). The molecule has 2 nitrogen and oxygen atoms in total. The van der Waals surface area contributed by atoms with Gasteiger partial charge in [0.25, 0.3) is 0 Å². The second-order valence-electron chi connectivity index (χ2n) is 21.1. The molecule has 7 fully saturated rings. The van der Waals surface area contributed by atoms with E-state index in [0.29, 0.717) is 0 Å². The average molecular weight is 731 g/mol. The highest BCUT2D eigenvalue weighted by molar-refractivity contribution is 5.21. The Labute approximate surface area is 331 Å². The van der Waals surface area contributed by atoms with E-state index >= 15 is 0 Å². The summed E-state index contributed by atoms with van der Waals surface area (Å²) in [6, 6.07) is 16.9. The molecule has 6 saturated carbocycles. The zero-order valence-electron chi connectivity index (χ0n) is 34.4. The van der Waals surface area contributed by atoms with Crippen LogP contribution in [0.15, 0.2) is 54.1 Å². The third kappa shape index (κ3) is 7.42. The zero-order valence-corrected chi connectivity index (χ0v) is 34.4. The molecule has 1 aromatic rings. The highest BCUT2D eigenvalue weighted by Crippen LogP contribution is 2.58. The summed E-state index contributed by atoms with van der Waals surface area (Å²) in [6.45, 7) is 0. The van der Waals surface area contributed by atoms with Crippen LogP contribution in [-0.4, -0.2) is 46.1 Å². The van der Waals surface area contributed by atoms with Gasteiger partial charge in [0.15, 0.2) is 0 Å². The molecule has 0 aromatic heterocycles. The third-order valence-corrected chi connectivity index (χ3v) is 18.7. The normalized spacial score (nSPS) is 43.6. The number of fused-ring (bicyclic) bond motifs is 5. The minimum Gasteiger partial charge on any atom is -0.294 e. The minimum absolute atomic E-state index is 0.791. The van der Waals surface area contributed by atoms with Crippen LogP contribution in [0.1, 0.15) is 191 Å². The van der Waals surface area contributed by atoms with Crippen molar-refractivity contribution in [2.75, 3.05) is 0 Å². The van der Waals surface area contributed by atoms with Crippen molar-refractivity contribution < 1.29 is 0 Å². The van der Waals surface area contributed by atoms with E-state index in [-0.39, 0.29) is 0 Å². The molecule has 2 heteroatoms. The molecule has 1 aromatic carbocycles. The minimum atomic E-state index is 0.791. The van der Waals surface area contributed by atoms with Crippen molar-refractivity contribution >= 4 is 0 Å². The van der Waals surface area contributed by atoms with Crippen LogP contribution in [0.25, 0.3) is 0 Å². The van der Waals surface area contributed by atoms with Gasteiger partial charge < -0.3 is 0 Å². The van der Waals surface area contributed by atoms with E-state index in [0.717, 1.165) is 83.6 Å². The van der Waals surface area contributed by atoms with Crippen molar-refractivity contribution in [1.82, 2.24) is 9.80 Å². The lowest BCUT2D eigenvalue weighted by molar-refractivity contribution is -0.0455. The fraction of sp³-hybridized carbons (Fsp3) is 0.808. The maximum atomic E-state index is 3.34. The van der Waals surface area contributed by atoms with E-state index in [1.165, 1.54) is 122 Å². The molecule has 54 heavy (non-hydrogen) atoms. The second-order valence-corrected chi connectivity index (χ2v) is 21.1. The summed E-state index contributed by atoms with van der Waals surface area (Å²) in [4.78, 5) is 6.68. The smallest absolute Gasteiger partial charge is 0.0164 e. The van der Waals surface area contributed by atoms with Crippen molar-refractivity contribution in [2.45, 2.75) is 222 Å². The predicted molar refractivity (Wildman–Crippen MR) is 227 cm³/mol. The lowest BCUT2D eigenvalue weighted by atomic mass is 9.61. The van der Waals surface area contributed by atoms with Gasteiger partial charge in [0.1, 0.15) is 0 Å². The SMILES string of the molecule is C1=CCC(C2=CCC(N3C4CCCC[C@H]4C4CC[C@H]5C[C@@H](N(C6CCC(c7ccccc7)CC6)C6CCC(C7CCCCC7)CC6)CC[C@H]5C43)CC2)CC1. The van der Waals surface area contributed by atoms with E-state index in [2.05, 4.69) is 58.4 Å². The van der Waals surface area contributed by atoms with Crippen molar-refractivity contribution in [1.29, 1.82) is 0 Å². The highest BCUT2D eigenvalue weighted by Gasteiger charge is 2.57.